The molecule has 0 spiro atoms. The largest absolute Gasteiger partial charge is 0.502 e. The zero-order valence-corrected chi connectivity index (χ0v) is 19.8. The van der Waals surface area contributed by atoms with Gasteiger partial charge in [-0.15, -0.1) is 0 Å². The van der Waals surface area contributed by atoms with E-state index in [2.05, 4.69) is 15.8 Å². The van der Waals surface area contributed by atoms with Gasteiger partial charge in [0.25, 0.3) is 0 Å². The number of hydrogen-bond acceptors (Lipinski definition) is 8. The van der Waals surface area contributed by atoms with Crippen molar-refractivity contribution in [3.8, 4) is 5.75 Å². The highest BCUT2D eigenvalue weighted by atomic mass is 35.5. The minimum Gasteiger partial charge on any atom is -0.502 e. The van der Waals surface area contributed by atoms with E-state index < -0.39 is 26.4 Å². The highest BCUT2D eigenvalue weighted by molar-refractivity contribution is 7.89. The Morgan fingerprint density at radius 2 is 1.97 bits per heavy atom. The molecule has 0 bridgehead atoms. The van der Waals surface area contributed by atoms with Crippen LogP contribution in [0.15, 0.2) is 40.3 Å². The maximum atomic E-state index is 12.8. The number of ether oxygens (including phenoxy) is 1. The number of phenols is 1. The molecule has 1 aliphatic rings. The van der Waals surface area contributed by atoms with Crippen molar-refractivity contribution in [1.29, 1.82) is 0 Å². The van der Waals surface area contributed by atoms with Crippen molar-refractivity contribution in [2.45, 2.75) is 4.90 Å². The fourth-order valence-corrected chi connectivity index (χ4v) is 4.83. The maximum absolute atomic E-state index is 12.8. The van der Waals surface area contributed by atoms with Crippen molar-refractivity contribution in [3.63, 3.8) is 0 Å². The first-order valence-corrected chi connectivity index (χ1v) is 11.8. The summed E-state index contributed by atoms with van der Waals surface area (Å²) >= 11 is 17.1. The fraction of sp³-hybridized carbons (Fsp3) is 0.222. The van der Waals surface area contributed by atoms with E-state index in [0.717, 1.165) is 12.3 Å². The van der Waals surface area contributed by atoms with Crippen molar-refractivity contribution in [1.82, 2.24) is 9.73 Å². The summed E-state index contributed by atoms with van der Waals surface area (Å²) in [6.07, 6.45) is 1.09. The molecule has 0 aromatic heterocycles. The van der Waals surface area contributed by atoms with Crippen LogP contribution in [-0.4, -0.2) is 60.4 Å². The second kappa shape index (κ2) is 10.6. The Morgan fingerprint density at radius 1 is 1.27 bits per heavy atom. The van der Waals surface area contributed by atoms with Gasteiger partial charge in [0.2, 0.25) is 15.8 Å². The molecule has 11 nitrogen and oxygen atoms in total. The number of morpholine rings is 1. The molecule has 1 fully saturated rings. The normalized spacial score (nSPS) is 14.8. The lowest BCUT2D eigenvalue weighted by Gasteiger charge is -2.26. The molecule has 3 N–H and O–H groups in total. The van der Waals surface area contributed by atoms with Gasteiger partial charge in [-0.1, -0.05) is 23.2 Å². The quantitative estimate of drug-likeness (QED) is 0.220. The molecule has 3 rings (SSSR count). The number of phenolic OH excluding ortho intramolecular Hbond substituents is 1. The second-order valence-corrected chi connectivity index (χ2v) is 9.79. The number of benzene rings is 2. The molecule has 176 valence electrons. The molecule has 0 saturated carbocycles. The van der Waals surface area contributed by atoms with Gasteiger partial charge in [-0.2, -0.15) is 9.41 Å². The van der Waals surface area contributed by atoms with Crippen molar-refractivity contribution < 1.29 is 23.2 Å². The molecule has 33 heavy (non-hydrogen) atoms. The van der Waals surface area contributed by atoms with Gasteiger partial charge < -0.3 is 15.2 Å². The number of thiocarbonyl (C=S) groups is 1. The first-order chi connectivity index (χ1) is 15.6. The first kappa shape index (κ1) is 25.1. The van der Waals surface area contributed by atoms with Gasteiger partial charge in [0.15, 0.2) is 5.11 Å². The number of halogens is 2. The van der Waals surface area contributed by atoms with Gasteiger partial charge in [0, 0.05) is 29.7 Å². The zero-order chi connectivity index (χ0) is 24.2. The molecule has 0 atom stereocenters. The maximum Gasteiger partial charge on any atom is 0.312 e. The van der Waals surface area contributed by atoms with E-state index in [1.54, 1.807) is 0 Å². The smallest absolute Gasteiger partial charge is 0.312 e. The standard InChI is InChI=1S/C18H17Cl2N5O6S2/c19-12-7-11(17(26)16(8-12)25(27)28)10-21-23-18(32)22-15-9-13(1-2-14(15)20)33(29,30)24-3-5-31-6-4-24/h1-2,7-10,26H,3-6H2,(H2,22,23,32)/b21-10+. The van der Waals surface area contributed by atoms with Crippen LogP contribution in [0.3, 0.4) is 0 Å². The van der Waals surface area contributed by atoms with Crippen molar-refractivity contribution in [2.24, 2.45) is 5.10 Å². The van der Waals surface area contributed by atoms with Gasteiger partial charge in [0.1, 0.15) is 0 Å². The van der Waals surface area contributed by atoms with Crippen LogP contribution in [0, 0.1) is 10.1 Å². The average Bonchev–Trinajstić information content (AvgIpc) is 2.77. The third kappa shape index (κ3) is 6.07. The van der Waals surface area contributed by atoms with E-state index in [1.807, 2.05) is 0 Å². The van der Waals surface area contributed by atoms with Crippen molar-refractivity contribution in [2.75, 3.05) is 31.6 Å². The lowest BCUT2D eigenvalue weighted by Crippen LogP contribution is -2.40. The van der Waals surface area contributed by atoms with Crippen molar-refractivity contribution >= 4 is 68.1 Å². The summed E-state index contributed by atoms with van der Waals surface area (Å²) in [5, 5.41) is 27.7. The van der Waals surface area contributed by atoms with Crippen LogP contribution >= 0.6 is 35.4 Å². The van der Waals surface area contributed by atoms with Gasteiger partial charge in [-0.25, -0.2) is 8.42 Å². The van der Waals surface area contributed by atoms with E-state index in [9.17, 15) is 23.6 Å². The molecule has 1 heterocycles. The van der Waals surface area contributed by atoms with Crippen LogP contribution in [0.25, 0.3) is 0 Å². The predicted molar refractivity (Wildman–Crippen MR) is 128 cm³/mol. The first-order valence-electron chi connectivity index (χ1n) is 9.24. The number of nitro benzene ring substituents is 1. The summed E-state index contributed by atoms with van der Waals surface area (Å²) in [4.78, 5) is 10.2. The molecular weight excluding hydrogens is 517 g/mol. The topological polar surface area (TPSA) is 146 Å². The molecule has 0 aliphatic carbocycles. The molecular formula is C18H17Cl2N5O6S2. The number of hydrogen-bond donors (Lipinski definition) is 3. The SMILES string of the molecule is O=[N+]([O-])c1cc(Cl)cc(/C=N/NC(=S)Nc2cc(S(=O)(=O)N3CCOCC3)ccc2Cl)c1O. The number of nitrogens with one attached hydrogen (secondary N) is 2. The second-order valence-electron chi connectivity index (χ2n) is 6.60. The lowest BCUT2D eigenvalue weighted by atomic mass is 10.2. The zero-order valence-electron chi connectivity index (χ0n) is 16.7. The van der Waals surface area contributed by atoms with Crippen LogP contribution in [0.2, 0.25) is 10.0 Å². The Balaban J connectivity index is 1.72. The Morgan fingerprint density at radius 3 is 2.64 bits per heavy atom. The Labute approximate surface area is 204 Å². The van der Waals surface area contributed by atoms with Crippen LogP contribution in [0.1, 0.15) is 5.56 Å². The summed E-state index contributed by atoms with van der Waals surface area (Å²) in [7, 11) is -3.74. The van der Waals surface area contributed by atoms with Crippen LogP contribution in [0.4, 0.5) is 11.4 Å². The molecule has 0 radical (unpaired) electrons. The average molecular weight is 534 g/mol. The fourth-order valence-electron chi connectivity index (χ4n) is 2.85. The number of hydrazone groups is 1. The van der Waals surface area contributed by atoms with Gasteiger partial charge in [0.05, 0.1) is 40.0 Å². The Bertz CT molecular complexity index is 1220. The highest BCUT2D eigenvalue weighted by Crippen LogP contribution is 2.32. The number of nitro groups is 1. The van der Waals surface area contributed by atoms with Crippen LogP contribution < -0.4 is 10.7 Å². The number of anilines is 1. The number of nitrogens with zero attached hydrogens (tertiary/aromatic N) is 3. The summed E-state index contributed by atoms with van der Waals surface area (Å²) in [6, 6.07) is 6.45. The van der Waals surface area contributed by atoms with Crippen LogP contribution in [-0.2, 0) is 14.8 Å². The van der Waals surface area contributed by atoms with E-state index in [1.165, 1.54) is 28.6 Å². The molecule has 2 aromatic carbocycles. The molecule has 1 aliphatic heterocycles. The third-order valence-corrected chi connectivity index (χ3v) is 7.08. The minimum atomic E-state index is -3.74. The minimum absolute atomic E-state index is 0.0128. The predicted octanol–water partition coefficient (Wildman–Crippen LogP) is 2.95. The molecule has 0 unspecified atom stereocenters. The highest BCUT2D eigenvalue weighted by Gasteiger charge is 2.27. The van der Waals surface area contributed by atoms with Gasteiger partial charge in [-0.3, -0.25) is 15.5 Å². The van der Waals surface area contributed by atoms with Crippen LogP contribution in [0.5, 0.6) is 5.75 Å². The number of aromatic hydroxyl groups is 1. The summed E-state index contributed by atoms with van der Waals surface area (Å²) in [5.74, 6) is -0.613. The summed E-state index contributed by atoms with van der Waals surface area (Å²) in [5.41, 5.74) is 2.09. The molecule has 2 aromatic rings. The Hall–Kier alpha value is -2.55. The van der Waals surface area contributed by atoms with E-state index in [4.69, 9.17) is 40.2 Å². The van der Waals surface area contributed by atoms with Gasteiger partial charge in [-0.05, 0) is 36.5 Å². The molecule has 1 saturated heterocycles. The lowest BCUT2D eigenvalue weighted by molar-refractivity contribution is -0.385. The summed E-state index contributed by atoms with van der Waals surface area (Å²) < 4.78 is 32.2. The molecule has 15 heteroatoms. The van der Waals surface area contributed by atoms with E-state index in [-0.39, 0.29) is 44.4 Å². The summed E-state index contributed by atoms with van der Waals surface area (Å²) in [6.45, 7) is 1.12. The van der Waals surface area contributed by atoms with Crippen molar-refractivity contribution in [3.05, 3.63) is 56.1 Å². The number of rotatable bonds is 6. The Kier molecular flexibility index (Phi) is 8.05. The van der Waals surface area contributed by atoms with E-state index in [0.29, 0.717) is 13.2 Å². The number of sulfonamides is 1. The van der Waals surface area contributed by atoms with Gasteiger partial charge >= 0.3 is 5.69 Å². The molecule has 0 amide bonds. The van der Waals surface area contributed by atoms with E-state index >= 15 is 0 Å². The third-order valence-electron chi connectivity index (χ3n) is 4.44. The monoisotopic (exact) mass is 533 g/mol.